The van der Waals surface area contributed by atoms with E-state index in [-0.39, 0.29) is 17.9 Å². The number of rotatable bonds is 8. The molecule has 0 aliphatic heterocycles. The molecule has 0 aromatic heterocycles. The Labute approximate surface area is 217 Å². The van der Waals surface area contributed by atoms with Crippen LogP contribution in [0.5, 0.6) is 5.75 Å². The Hall–Kier alpha value is -4.58. The summed E-state index contributed by atoms with van der Waals surface area (Å²) >= 11 is 0. The standard InChI is InChI=1S/C31H31N3O3/c1-21-13-16-26(32-31(36)25-11-8-12-27(19-25)34(3)4)20-29(21)33-30(35)24-14-17-28(18-15-24)37-22(2)23-9-6-5-7-10-23/h5-20,22H,1-4H3,(H,32,36)(H,33,35)/t22-/m0/s1. The van der Waals surface area contributed by atoms with Crippen LogP contribution in [-0.4, -0.2) is 25.9 Å². The SMILES string of the molecule is Cc1ccc(NC(=O)c2cccc(N(C)C)c2)cc1NC(=O)c1ccc(O[C@@H](C)c2ccccc2)cc1. The van der Waals surface area contributed by atoms with Crippen LogP contribution in [0, 0.1) is 6.92 Å². The topological polar surface area (TPSA) is 70.7 Å². The van der Waals surface area contributed by atoms with E-state index < -0.39 is 0 Å². The van der Waals surface area contributed by atoms with Crippen LogP contribution in [0.2, 0.25) is 0 Å². The summed E-state index contributed by atoms with van der Waals surface area (Å²) in [5.41, 5.74) is 5.20. The molecule has 0 fully saturated rings. The number of anilines is 3. The molecule has 4 aromatic rings. The van der Waals surface area contributed by atoms with E-state index in [1.165, 1.54) is 0 Å². The zero-order valence-electron chi connectivity index (χ0n) is 21.5. The minimum absolute atomic E-state index is 0.105. The van der Waals surface area contributed by atoms with Crippen LogP contribution in [0.15, 0.2) is 97.1 Å². The summed E-state index contributed by atoms with van der Waals surface area (Å²) < 4.78 is 6.01. The normalized spacial score (nSPS) is 11.4. The Morgan fingerprint density at radius 2 is 1.46 bits per heavy atom. The lowest BCUT2D eigenvalue weighted by atomic mass is 10.1. The molecule has 0 unspecified atom stereocenters. The second-order valence-corrected chi connectivity index (χ2v) is 9.08. The fraction of sp³-hybridized carbons (Fsp3) is 0.161. The Morgan fingerprint density at radius 3 is 2.16 bits per heavy atom. The number of carbonyl (C=O) groups excluding carboxylic acids is 2. The van der Waals surface area contributed by atoms with Gasteiger partial charge in [-0.3, -0.25) is 9.59 Å². The molecule has 0 saturated carbocycles. The summed E-state index contributed by atoms with van der Waals surface area (Å²) in [6.45, 7) is 3.90. The highest BCUT2D eigenvalue weighted by Crippen LogP contribution is 2.24. The van der Waals surface area contributed by atoms with E-state index in [0.717, 1.165) is 16.8 Å². The van der Waals surface area contributed by atoms with Gasteiger partial charge in [-0.05, 0) is 79.6 Å². The average molecular weight is 494 g/mol. The van der Waals surface area contributed by atoms with Gasteiger partial charge in [-0.2, -0.15) is 0 Å². The van der Waals surface area contributed by atoms with Crippen LogP contribution in [0.1, 0.15) is 44.9 Å². The molecule has 0 aliphatic carbocycles. The van der Waals surface area contributed by atoms with E-state index in [4.69, 9.17) is 4.74 Å². The molecule has 0 bridgehead atoms. The highest BCUT2D eigenvalue weighted by atomic mass is 16.5. The van der Waals surface area contributed by atoms with Crippen molar-refractivity contribution < 1.29 is 14.3 Å². The number of aryl methyl sites for hydroxylation is 1. The summed E-state index contributed by atoms with van der Waals surface area (Å²) in [7, 11) is 3.86. The first kappa shape index (κ1) is 25.5. The van der Waals surface area contributed by atoms with Crippen molar-refractivity contribution in [2.45, 2.75) is 20.0 Å². The van der Waals surface area contributed by atoms with Gasteiger partial charge < -0.3 is 20.3 Å². The third-order valence-corrected chi connectivity index (χ3v) is 6.07. The molecule has 188 valence electrons. The van der Waals surface area contributed by atoms with Gasteiger partial charge >= 0.3 is 0 Å². The number of nitrogens with one attached hydrogen (secondary N) is 2. The maximum atomic E-state index is 12.9. The number of hydrogen-bond acceptors (Lipinski definition) is 4. The van der Waals surface area contributed by atoms with Crippen LogP contribution < -0.4 is 20.3 Å². The Bertz CT molecular complexity index is 1380. The minimum atomic E-state index is -0.243. The van der Waals surface area contributed by atoms with Gasteiger partial charge in [0.05, 0.1) is 0 Å². The van der Waals surface area contributed by atoms with Crippen LogP contribution in [0.25, 0.3) is 0 Å². The van der Waals surface area contributed by atoms with Gasteiger partial charge in [-0.15, -0.1) is 0 Å². The largest absolute Gasteiger partial charge is 0.486 e. The fourth-order valence-corrected chi connectivity index (χ4v) is 3.84. The Kier molecular flexibility index (Phi) is 7.89. The lowest BCUT2D eigenvalue weighted by Crippen LogP contribution is -2.15. The molecular formula is C31H31N3O3. The van der Waals surface area contributed by atoms with Crippen LogP contribution in [0.3, 0.4) is 0 Å². The van der Waals surface area contributed by atoms with Crippen molar-refractivity contribution in [3.8, 4) is 5.75 Å². The number of amides is 2. The lowest BCUT2D eigenvalue weighted by Gasteiger charge is -2.16. The molecule has 37 heavy (non-hydrogen) atoms. The van der Waals surface area contributed by atoms with Gasteiger partial charge in [0.2, 0.25) is 0 Å². The van der Waals surface area contributed by atoms with Gasteiger partial charge in [0.25, 0.3) is 11.8 Å². The summed E-state index contributed by atoms with van der Waals surface area (Å²) in [4.78, 5) is 27.7. The predicted octanol–water partition coefficient (Wildman–Crippen LogP) is 6.71. The Morgan fingerprint density at radius 1 is 0.757 bits per heavy atom. The molecule has 1 atom stereocenters. The summed E-state index contributed by atoms with van der Waals surface area (Å²) in [5, 5.41) is 5.87. The molecule has 6 heteroatoms. The maximum Gasteiger partial charge on any atom is 0.255 e. The zero-order chi connectivity index (χ0) is 26.4. The van der Waals surface area contributed by atoms with E-state index in [9.17, 15) is 9.59 Å². The minimum Gasteiger partial charge on any atom is -0.486 e. The van der Waals surface area contributed by atoms with Crippen molar-refractivity contribution >= 4 is 28.9 Å². The van der Waals surface area contributed by atoms with E-state index >= 15 is 0 Å². The first-order valence-electron chi connectivity index (χ1n) is 12.1. The number of nitrogens with zero attached hydrogens (tertiary/aromatic N) is 1. The average Bonchev–Trinajstić information content (AvgIpc) is 2.91. The van der Waals surface area contributed by atoms with Gasteiger partial charge in [0, 0.05) is 42.3 Å². The highest BCUT2D eigenvalue weighted by Gasteiger charge is 2.13. The molecule has 2 amide bonds. The monoisotopic (exact) mass is 493 g/mol. The third-order valence-electron chi connectivity index (χ3n) is 6.07. The molecule has 4 aromatic carbocycles. The van der Waals surface area contributed by atoms with Crippen molar-refractivity contribution in [1.29, 1.82) is 0 Å². The molecule has 0 saturated heterocycles. The Balaban J connectivity index is 1.41. The van der Waals surface area contributed by atoms with Gasteiger partial charge in [-0.1, -0.05) is 42.5 Å². The number of hydrogen-bond donors (Lipinski definition) is 2. The first-order chi connectivity index (χ1) is 17.8. The van der Waals surface area contributed by atoms with Crippen LogP contribution >= 0.6 is 0 Å². The van der Waals surface area contributed by atoms with E-state index in [2.05, 4.69) is 10.6 Å². The molecule has 0 aliphatic rings. The lowest BCUT2D eigenvalue weighted by molar-refractivity contribution is 0.101. The molecule has 2 N–H and O–H groups in total. The summed E-state index contributed by atoms with van der Waals surface area (Å²) in [6, 6.07) is 29.9. The molecule has 0 radical (unpaired) electrons. The van der Waals surface area contributed by atoms with Gasteiger partial charge in [0.15, 0.2) is 0 Å². The smallest absolute Gasteiger partial charge is 0.255 e. The molecule has 6 nitrogen and oxygen atoms in total. The maximum absolute atomic E-state index is 12.9. The van der Waals surface area contributed by atoms with Crippen molar-refractivity contribution in [1.82, 2.24) is 0 Å². The fourth-order valence-electron chi connectivity index (χ4n) is 3.84. The first-order valence-corrected chi connectivity index (χ1v) is 12.1. The van der Waals surface area contributed by atoms with Crippen molar-refractivity contribution in [2.24, 2.45) is 0 Å². The highest BCUT2D eigenvalue weighted by molar-refractivity contribution is 6.07. The molecule has 0 heterocycles. The zero-order valence-corrected chi connectivity index (χ0v) is 21.5. The van der Waals surface area contributed by atoms with Crippen molar-refractivity contribution in [3.05, 3.63) is 119 Å². The predicted molar refractivity (Wildman–Crippen MR) is 150 cm³/mol. The summed E-state index contributed by atoms with van der Waals surface area (Å²) in [5.74, 6) is 0.227. The number of benzene rings is 4. The second kappa shape index (κ2) is 11.4. The van der Waals surface area contributed by atoms with Gasteiger partial charge in [0.1, 0.15) is 11.9 Å². The quantitative estimate of drug-likeness (QED) is 0.286. The van der Waals surface area contributed by atoms with Crippen LogP contribution in [0.4, 0.5) is 17.1 Å². The van der Waals surface area contributed by atoms with E-state index in [1.807, 2.05) is 93.5 Å². The third kappa shape index (κ3) is 6.55. The molecular weight excluding hydrogens is 462 g/mol. The number of carbonyl (C=O) groups is 2. The molecule has 0 spiro atoms. The van der Waals surface area contributed by atoms with E-state index in [0.29, 0.717) is 28.3 Å². The van der Waals surface area contributed by atoms with Crippen molar-refractivity contribution in [3.63, 3.8) is 0 Å². The van der Waals surface area contributed by atoms with Crippen molar-refractivity contribution in [2.75, 3.05) is 29.6 Å². The number of ether oxygens (including phenoxy) is 1. The van der Waals surface area contributed by atoms with E-state index in [1.54, 1.807) is 36.4 Å². The van der Waals surface area contributed by atoms with Crippen LogP contribution in [-0.2, 0) is 0 Å². The second-order valence-electron chi connectivity index (χ2n) is 9.08. The molecule has 4 rings (SSSR count). The summed E-state index contributed by atoms with van der Waals surface area (Å²) in [6.07, 6.45) is -0.105. The van der Waals surface area contributed by atoms with Gasteiger partial charge in [-0.25, -0.2) is 0 Å².